The predicted octanol–water partition coefficient (Wildman–Crippen LogP) is 0.600. The summed E-state index contributed by atoms with van der Waals surface area (Å²) in [6.07, 6.45) is 1.60. The summed E-state index contributed by atoms with van der Waals surface area (Å²) in [5, 5.41) is 12.6. The largest absolute Gasteiger partial charge is 0.477 e. The van der Waals surface area contributed by atoms with Crippen LogP contribution in [0.5, 0.6) is 0 Å². The van der Waals surface area contributed by atoms with Crippen LogP contribution in [0.2, 0.25) is 0 Å². The zero-order valence-corrected chi connectivity index (χ0v) is 6.40. The number of aromatic carboxylic acids is 1. The smallest absolute Gasteiger partial charge is 0.352 e. The third kappa shape index (κ3) is 0.795. The molecule has 2 N–H and O–H groups in total. The van der Waals surface area contributed by atoms with E-state index in [0.717, 1.165) is 11.0 Å². The summed E-state index contributed by atoms with van der Waals surface area (Å²) >= 11 is 0. The van der Waals surface area contributed by atoms with Gasteiger partial charge in [0.25, 0.3) is 0 Å². The molecule has 0 spiro atoms. The first kappa shape index (κ1) is 6.90. The van der Waals surface area contributed by atoms with Crippen LogP contribution in [0.3, 0.4) is 0 Å². The van der Waals surface area contributed by atoms with Gasteiger partial charge in [-0.2, -0.15) is 5.10 Å². The second kappa shape index (κ2) is 2.10. The van der Waals surface area contributed by atoms with E-state index >= 15 is 0 Å². The quantitative estimate of drug-likeness (QED) is 0.650. The maximum absolute atomic E-state index is 10.5. The number of hydrogen-bond donors (Lipinski definition) is 2. The zero-order chi connectivity index (χ0) is 8.72. The lowest BCUT2D eigenvalue weighted by Crippen LogP contribution is -1.95. The third-order valence-corrected chi connectivity index (χ3v) is 1.77. The van der Waals surface area contributed by atoms with Crippen molar-refractivity contribution in [3.8, 4) is 0 Å². The second-order valence-electron chi connectivity index (χ2n) is 2.56. The minimum absolute atomic E-state index is 0.193. The number of hydrogen-bond acceptors (Lipinski definition) is 2. The van der Waals surface area contributed by atoms with E-state index in [1.807, 2.05) is 0 Å². The van der Waals surface area contributed by atoms with Crippen molar-refractivity contribution in [1.29, 1.82) is 0 Å². The van der Waals surface area contributed by atoms with E-state index < -0.39 is 5.97 Å². The van der Waals surface area contributed by atoms with Crippen LogP contribution in [0, 0.1) is 0 Å². The summed E-state index contributed by atoms with van der Waals surface area (Å²) in [4.78, 5) is 13.3. The standard InChI is InChI=1S/C7H7N3O2/c1-10-6-2-4(7(11)12)9-5(6)3-8-10/h2-3,9H,1H3,(H,11,12). The molecule has 0 aliphatic heterocycles. The molecular formula is C7H7N3O2. The first-order valence-corrected chi connectivity index (χ1v) is 3.42. The molecule has 5 heteroatoms. The van der Waals surface area contributed by atoms with Crippen LogP contribution in [0.15, 0.2) is 12.3 Å². The molecule has 0 radical (unpaired) electrons. The molecule has 62 valence electrons. The molecule has 5 nitrogen and oxygen atoms in total. The summed E-state index contributed by atoms with van der Waals surface area (Å²) in [5.41, 5.74) is 1.74. The SMILES string of the molecule is Cn1ncc2[nH]c(C(=O)O)cc21. The number of fused-ring (bicyclic) bond motifs is 1. The van der Waals surface area contributed by atoms with Gasteiger partial charge in [0, 0.05) is 7.05 Å². The molecule has 0 atom stereocenters. The van der Waals surface area contributed by atoms with Gasteiger partial charge in [0.1, 0.15) is 5.69 Å². The Morgan fingerprint density at radius 3 is 3.08 bits per heavy atom. The second-order valence-corrected chi connectivity index (χ2v) is 2.56. The van der Waals surface area contributed by atoms with Gasteiger partial charge in [-0.1, -0.05) is 0 Å². The van der Waals surface area contributed by atoms with Crippen molar-refractivity contribution in [2.75, 3.05) is 0 Å². The van der Waals surface area contributed by atoms with Gasteiger partial charge in [-0.15, -0.1) is 0 Å². The highest BCUT2D eigenvalue weighted by Crippen LogP contribution is 2.13. The lowest BCUT2D eigenvalue weighted by molar-refractivity contribution is 0.0691. The number of aromatic nitrogens is 3. The summed E-state index contributed by atoms with van der Waals surface area (Å²) in [6, 6.07) is 1.56. The van der Waals surface area contributed by atoms with Gasteiger partial charge in [0.15, 0.2) is 0 Å². The molecular weight excluding hydrogens is 158 g/mol. The molecule has 0 saturated carbocycles. The molecule has 0 aliphatic carbocycles. The van der Waals surface area contributed by atoms with Crippen LogP contribution in [0.1, 0.15) is 10.5 Å². The monoisotopic (exact) mass is 165 g/mol. The highest BCUT2D eigenvalue weighted by Gasteiger charge is 2.09. The number of rotatable bonds is 1. The van der Waals surface area contributed by atoms with Gasteiger partial charge in [0.05, 0.1) is 17.2 Å². The lowest BCUT2D eigenvalue weighted by Gasteiger charge is -1.86. The molecule has 12 heavy (non-hydrogen) atoms. The van der Waals surface area contributed by atoms with Crippen molar-refractivity contribution in [1.82, 2.24) is 14.8 Å². The minimum atomic E-state index is -0.953. The van der Waals surface area contributed by atoms with Crippen LogP contribution >= 0.6 is 0 Å². The van der Waals surface area contributed by atoms with Crippen LogP contribution in [-0.2, 0) is 7.05 Å². The van der Waals surface area contributed by atoms with Gasteiger partial charge >= 0.3 is 5.97 Å². The molecule has 0 aromatic carbocycles. The van der Waals surface area contributed by atoms with Gasteiger partial charge < -0.3 is 10.1 Å². The first-order valence-electron chi connectivity index (χ1n) is 3.42. The Bertz CT molecular complexity index is 440. The fraction of sp³-hybridized carbons (Fsp3) is 0.143. The Balaban J connectivity index is 2.70. The number of carbonyl (C=O) groups is 1. The average Bonchev–Trinajstić information content (AvgIpc) is 2.53. The normalized spacial score (nSPS) is 10.8. The van der Waals surface area contributed by atoms with Crippen molar-refractivity contribution >= 4 is 17.0 Å². The van der Waals surface area contributed by atoms with Crippen molar-refractivity contribution in [3.63, 3.8) is 0 Å². The Kier molecular flexibility index (Phi) is 1.21. The number of nitrogens with one attached hydrogen (secondary N) is 1. The molecule has 0 amide bonds. The topological polar surface area (TPSA) is 70.9 Å². The highest BCUT2D eigenvalue weighted by molar-refractivity contribution is 5.92. The van der Waals surface area contributed by atoms with Gasteiger partial charge in [-0.05, 0) is 6.07 Å². The van der Waals surface area contributed by atoms with E-state index in [1.165, 1.54) is 0 Å². The van der Waals surface area contributed by atoms with Gasteiger partial charge in [-0.3, -0.25) is 4.68 Å². The van der Waals surface area contributed by atoms with Crippen molar-refractivity contribution in [2.45, 2.75) is 0 Å². The highest BCUT2D eigenvalue weighted by atomic mass is 16.4. The van der Waals surface area contributed by atoms with E-state index in [1.54, 1.807) is 24.0 Å². The van der Waals surface area contributed by atoms with Crippen molar-refractivity contribution < 1.29 is 9.90 Å². The van der Waals surface area contributed by atoms with Crippen molar-refractivity contribution in [2.24, 2.45) is 7.05 Å². The Morgan fingerprint density at radius 2 is 2.50 bits per heavy atom. The first-order chi connectivity index (χ1) is 5.68. The van der Waals surface area contributed by atoms with Crippen molar-refractivity contribution in [3.05, 3.63) is 18.0 Å². The Hall–Kier alpha value is -1.78. The maximum Gasteiger partial charge on any atom is 0.352 e. The molecule has 0 saturated heterocycles. The summed E-state index contributed by atoms with van der Waals surface area (Å²) in [5.74, 6) is -0.953. The lowest BCUT2D eigenvalue weighted by atomic mass is 10.4. The molecule has 2 aromatic rings. The van der Waals surface area contributed by atoms with E-state index in [2.05, 4.69) is 10.1 Å². The van der Waals surface area contributed by atoms with Gasteiger partial charge in [-0.25, -0.2) is 4.79 Å². The molecule has 0 unspecified atom stereocenters. The fourth-order valence-corrected chi connectivity index (χ4v) is 1.15. The Morgan fingerprint density at radius 1 is 1.75 bits per heavy atom. The van der Waals surface area contributed by atoms with E-state index in [4.69, 9.17) is 5.11 Å². The fourth-order valence-electron chi connectivity index (χ4n) is 1.15. The minimum Gasteiger partial charge on any atom is -0.477 e. The van der Waals surface area contributed by atoms with Crippen LogP contribution in [0.25, 0.3) is 11.0 Å². The molecule has 0 fully saturated rings. The maximum atomic E-state index is 10.5. The molecule has 0 bridgehead atoms. The summed E-state index contributed by atoms with van der Waals surface area (Å²) in [6.45, 7) is 0. The number of aryl methyl sites for hydroxylation is 1. The van der Waals surface area contributed by atoms with Crippen LogP contribution < -0.4 is 0 Å². The molecule has 0 aliphatic rings. The average molecular weight is 165 g/mol. The van der Waals surface area contributed by atoms with Crippen LogP contribution in [0.4, 0.5) is 0 Å². The zero-order valence-electron chi connectivity index (χ0n) is 6.40. The molecule has 2 aromatic heterocycles. The predicted molar refractivity (Wildman–Crippen MR) is 42.0 cm³/mol. The van der Waals surface area contributed by atoms with E-state index in [-0.39, 0.29) is 5.69 Å². The summed E-state index contributed by atoms with van der Waals surface area (Å²) < 4.78 is 1.62. The third-order valence-electron chi connectivity index (χ3n) is 1.77. The number of H-pyrrole nitrogens is 1. The molecule has 2 rings (SSSR count). The number of aromatic amines is 1. The molecule has 2 heterocycles. The number of carboxylic acid groups (broad SMARTS) is 1. The van der Waals surface area contributed by atoms with E-state index in [9.17, 15) is 4.79 Å². The number of carboxylic acids is 1. The van der Waals surface area contributed by atoms with Gasteiger partial charge in [0.2, 0.25) is 0 Å². The van der Waals surface area contributed by atoms with E-state index in [0.29, 0.717) is 0 Å². The number of nitrogens with zero attached hydrogens (tertiary/aromatic N) is 2. The van der Waals surface area contributed by atoms with Crippen LogP contribution in [-0.4, -0.2) is 25.8 Å². The Labute approximate surface area is 67.6 Å². The summed E-state index contributed by atoms with van der Waals surface area (Å²) in [7, 11) is 1.77.